The molecule has 3 nitrogen and oxygen atoms in total. The normalized spacial score (nSPS) is 12.8. The van der Waals surface area contributed by atoms with E-state index in [1.807, 2.05) is 11.3 Å². The highest BCUT2D eigenvalue weighted by Gasteiger charge is 2.15. The number of thiophene rings is 1. The molecule has 2 heterocycles. The van der Waals surface area contributed by atoms with Crippen molar-refractivity contribution in [3.8, 4) is 0 Å². The van der Waals surface area contributed by atoms with E-state index in [4.69, 9.17) is 0 Å². The summed E-state index contributed by atoms with van der Waals surface area (Å²) in [7, 11) is 0. The van der Waals surface area contributed by atoms with Gasteiger partial charge in [0.1, 0.15) is 0 Å². The molecule has 0 aliphatic carbocycles. The first-order valence-corrected chi connectivity index (χ1v) is 8.31. The minimum atomic E-state index is 0.368. The lowest BCUT2D eigenvalue weighted by Gasteiger charge is -2.19. The zero-order valence-electron chi connectivity index (χ0n) is 12.9. The van der Waals surface area contributed by atoms with Crippen LogP contribution in [0.4, 0.5) is 5.95 Å². The van der Waals surface area contributed by atoms with Crippen LogP contribution in [0.15, 0.2) is 23.7 Å². The standard InChI is InChI=1S/C16H25N3S/c1-5-7-14(15-8-6-9-20-15)18-16-17-13(4)11-19(16)10-12(2)3/h6,8-9,11-12,14H,5,7,10H2,1-4H3,(H,17,18). The Morgan fingerprint density at radius 1 is 1.40 bits per heavy atom. The summed E-state index contributed by atoms with van der Waals surface area (Å²) in [5, 5.41) is 5.78. The first-order chi connectivity index (χ1) is 9.60. The number of aryl methyl sites for hydroxylation is 1. The fraction of sp³-hybridized carbons (Fsp3) is 0.562. The molecule has 0 spiro atoms. The molecule has 0 aliphatic heterocycles. The van der Waals surface area contributed by atoms with E-state index in [1.54, 1.807) is 0 Å². The van der Waals surface area contributed by atoms with Crippen LogP contribution < -0.4 is 5.32 Å². The number of rotatable bonds is 7. The van der Waals surface area contributed by atoms with E-state index in [-0.39, 0.29) is 0 Å². The quantitative estimate of drug-likeness (QED) is 0.789. The van der Waals surface area contributed by atoms with Gasteiger partial charge in [0.2, 0.25) is 5.95 Å². The van der Waals surface area contributed by atoms with Crippen LogP contribution in [-0.4, -0.2) is 9.55 Å². The molecule has 1 unspecified atom stereocenters. The van der Waals surface area contributed by atoms with Crippen molar-refractivity contribution in [2.24, 2.45) is 5.92 Å². The maximum Gasteiger partial charge on any atom is 0.203 e. The number of aromatic nitrogens is 2. The molecule has 20 heavy (non-hydrogen) atoms. The van der Waals surface area contributed by atoms with Gasteiger partial charge in [-0.1, -0.05) is 33.3 Å². The number of hydrogen-bond acceptors (Lipinski definition) is 3. The summed E-state index contributed by atoms with van der Waals surface area (Å²) in [5.41, 5.74) is 1.08. The first kappa shape index (κ1) is 15.1. The van der Waals surface area contributed by atoms with Crippen LogP contribution in [0.25, 0.3) is 0 Å². The third-order valence-corrected chi connectivity index (χ3v) is 4.21. The monoisotopic (exact) mass is 291 g/mol. The van der Waals surface area contributed by atoms with Gasteiger partial charge >= 0.3 is 0 Å². The lowest BCUT2D eigenvalue weighted by atomic mass is 10.1. The molecule has 1 N–H and O–H groups in total. The van der Waals surface area contributed by atoms with Crippen molar-refractivity contribution in [1.82, 2.24) is 9.55 Å². The summed E-state index contributed by atoms with van der Waals surface area (Å²) in [6.07, 6.45) is 4.44. The zero-order valence-corrected chi connectivity index (χ0v) is 13.7. The van der Waals surface area contributed by atoms with E-state index < -0.39 is 0 Å². The minimum Gasteiger partial charge on any atom is -0.348 e. The highest BCUT2D eigenvalue weighted by atomic mass is 32.1. The maximum absolute atomic E-state index is 4.65. The number of hydrogen-bond donors (Lipinski definition) is 1. The molecule has 0 amide bonds. The van der Waals surface area contributed by atoms with Crippen molar-refractivity contribution >= 4 is 17.3 Å². The minimum absolute atomic E-state index is 0.368. The molecule has 0 saturated carbocycles. The van der Waals surface area contributed by atoms with E-state index in [9.17, 15) is 0 Å². The van der Waals surface area contributed by atoms with Gasteiger partial charge in [-0.25, -0.2) is 4.98 Å². The molecule has 0 radical (unpaired) electrons. The van der Waals surface area contributed by atoms with Gasteiger partial charge in [0.15, 0.2) is 0 Å². The average Bonchev–Trinajstić information content (AvgIpc) is 2.98. The largest absolute Gasteiger partial charge is 0.348 e. The Hall–Kier alpha value is -1.29. The Bertz CT molecular complexity index is 514. The average molecular weight is 291 g/mol. The second kappa shape index (κ2) is 6.93. The number of nitrogens with one attached hydrogen (secondary N) is 1. The predicted octanol–water partition coefficient (Wildman–Crippen LogP) is 4.86. The molecular formula is C16H25N3S. The van der Waals surface area contributed by atoms with Crippen molar-refractivity contribution in [2.45, 2.75) is 53.1 Å². The van der Waals surface area contributed by atoms with Gasteiger partial charge in [-0.2, -0.15) is 0 Å². The molecule has 0 saturated heterocycles. The van der Waals surface area contributed by atoms with E-state index in [0.29, 0.717) is 12.0 Å². The molecule has 2 aromatic heterocycles. The molecular weight excluding hydrogens is 266 g/mol. The molecule has 4 heteroatoms. The summed E-state index contributed by atoms with van der Waals surface area (Å²) in [6, 6.07) is 4.70. The van der Waals surface area contributed by atoms with Crippen molar-refractivity contribution in [3.63, 3.8) is 0 Å². The van der Waals surface area contributed by atoms with E-state index in [1.165, 1.54) is 11.3 Å². The summed E-state index contributed by atoms with van der Waals surface area (Å²) in [6.45, 7) is 9.77. The summed E-state index contributed by atoms with van der Waals surface area (Å²) in [5.74, 6) is 1.62. The highest BCUT2D eigenvalue weighted by molar-refractivity contribution is 7.10. The summed E-state index contributed by atoms with van der Waals surface area (Å²) >= 11 is 1.82. The Balaban J connectivity index is 2.18. The molecule has 0 bridgehead atoms. The van der Waals surface area contributed by atoms with Crippen molar-refractivity contribution in [1.29, 1.82) is 0 Å². The van der Waals surface area contributed by atoms with Crippen LogP contribution in [0, 0.1) is 12.8 Å². The first-order valence-electron chi connectivity index (χ1n) is 7.43. The van der Waals surface area contributed by atoms with E-state index >= 15 is 0 Å². The second-order valence-corrected chi connectivity index (χ2v) is 6.73. The van der Waals surface area contributed by atoms with Gasteiger partial charge in [-0.05, 0) is 30.7 Å². The zero-order chi connectivity index (χ0) is 14.5. The summed E-state index contributed by atoms with van der Waals surface area (Å²) < 4.78 is 2.25. The van der Waals surface area contributed by atoms with Crippen LogP contribution in [0.2, 0.25) is 0 Å². The smallest absolute Gasteiger partial charge is 0.203 e. The Morgan fingerprint density at radius 2 is 2.20 bits per heavy atom. The van der Waals surface area contributed by atoms with Gasteiger partial charge in [0.05, 0.1) is 11.7 Å². The van der Waals surface area contributed by atoms with Crippen LogP contribution in [-0.2, 0) is 6.54 Å². The maximum atomic E-state index is 4.65. The van der Waals surface area contributed by atoms with Gasteiger partial charge in [-0.15, -0.1) is 11.3 Å². The molecule has 0 aromatic carbocycles. The SMILES string of the molecule is CCCC(Nc1nc(C)cn1CC(C)C)c1cccs1. The topological polar surface area (TPSA) is 29.9 Å². The molecule has 1 atom stereocenters. The molecule has 0 fully saturated rings. The van der Waals surface area contributed by atoms with Crippen molar-refractivity contribution < 1.29 is 0 Å². The van der Waals surface area contributed by atoms with Crippen molar-refractivity contribution in [2.75, 3.05) is 5.32 Å². The van der Waals surface area contributed by atoms with Gasteiger partial charge in [0.25, 0.3) is 0 Å². The lowest BCUT2D eigenvalue weighted by molar-refractivity contribution is 0.522. The van der Waals surface area contributed by atoms with Gasteiger partial charge < -0.3 is 9.88 Å². The second-order valence-electron chi connectivity index (χ2n) is 5.75. The van der Waals surface area contributed by atoms with E-state index in [0.717, 1.165) is 24.6 Å². The van der Waals surface area contributed by atoms with Crippen molar-refractivity contribution in [3.05, 3.63) is 34.3 Å². The predicted molar refractivity (Wildman–Crippen MR) is 87.4 cm³/mol. The van der Waals surface area contributed by atoms with Gasteiger partial charge in [-0.3, -0.25) is 0 Å². The number of nitrogens with zero attached hydrogens (tertiary/aromatic N) is 2. The molecule has 110 valence electrons. The highest BCUT2D eigenvalue weighted by Crippen LogP contribution is 2.27. The number of anilines is 1. The third-order valence-electron chi connectivity index (χ3n) is 3.23. The number of imidazole rings is 1. The van der Waals surface area contributed by atoms with Crippen LogP contribution in [0.3, 0.4) is 0 Å². The van der Waals surface area contributed by atoms with Crippen LogP contribution >= 0.6 is 11.3 Å². The van der Waals surface area contributed by atoms with E-state index in [2.05, 4.69) is 66.3 Å². The lowest BCUT2D eigenvalue weighted by Crippen LogP contribution is -2.15. The Morgan fingerprint density at radius 3 is 2.80 bits per heavy atom. The Labute approximate surface area is 126 Å². The third kappa shape index (κ3) is 3.85. The summed E-state index contributed by atoms with van der Waals surface area (Å²) in [4.78, 5) is 6.04. The fourth-order valence-corrected chi connectivity index (χ4v) is 3.23. The Kier molecular flexibility index (Phi) is 5.24. The van der Waals surface area contributed by atoms with Crippen LogP contribution in [0.1, 0.15) is 50.2 Å². The molecule has 0 aliphatic rings. The van der Waals surface area contributed by atoms with Gasteiger partial charge in [0, 0.05) is 17.6 Å². The molecule has 2 rings (SSSR count). The fourth-order valence-electron chi connectivity index (χ4n) is 2.41. The van der Waals surface area contributed by atoms with Crippen LogP contribution in [0.5, 0.6) is 0 Å². The molecule has 2 aromatic rings.